The Morgan fingerprint density at radius 3 is 2.22 bits per heavy atom. The first-order chi connectivity index (χ1) is 8.80. The molecule has 0 aliphatic carbocycles. The number of nitrogens with two attached hydrogens (primary N) is 2. The molecule has 18 heavy (non-hydrogen) atoms. The maximum absolute atomic E-state index is 5.33. The number of unbranched alkanes of at least 4 members (excludes halogenated alkanes) is 4. The third kappa shape index (κ3) is 5.52. The largest absolute Gasteiger partial charge is 0.308 e. The first-order valence-electron chi connectivity index (χ1n) is 6.25. The van der Waals surface area contributed by atoms with Crippen molar-refractivity contribution < 1.29 is 0 Å². The number of hydrogen-bond donors (Lipinski definition) is 4. The van der Waals surface area contributed by atoms with E-state index in [0.717, 1.165) is 5.75 Å². The molecule has 0 aliphatic heterocycles. The summed E-state index contributed by atoms with van der Waals surface area (Å²) in [5.41, 5.74) is 5.00. The minimum atomic E-state index is 0.562. The van der Waals surface area contributed by atoms with Crippen molar-refractivity contribution in [2.75, 3.05) is 16.6 Å². The highest BCUT2D eigenvalue weighted by molar-refractivity contribution is 7.99. The Morgan fingerprint density at radius 1 is 1.06 bits per heavy atom. The van der Waals surface area contributed by atoms with Crippen LogP contribution in [0.1, 0.15) is 39.0 Å². The van der Waals surface area contributed by atoms with Crippen molar-refractivity contribution in [2.45, 2.75) is 44.2 Å². The van der Waals surface area contributed by atoms with Crippen LogP contribution in [0.2, 0.25) is 0 Å². The lowest BCUT2D eigenvalue weighted by Gasteiger charge is -2.06. The smallest absolute Gasteiger partial charge is 0.191 e. The lowest BCUT2D eigenvalue weighted by molar-refractivity contribution is 0.659. The normalized spacial score (nSPS) is 10.4. The topological polar surface area (TPSA) is 102 Å². The molecule has 0 spiro atoms. The van der Waals surface area contributed by atoms with Crippen molar-refractivity contribution >= 4 is 23.4 Å². The molecule has 0 saturated carbocycles. The van der Waals surface area contributed by atoms with Crippen molar-refractivity contribution in [1.82, 2.24) is 9.97 Å². The number of nitrogen functional groups attached to an aromatic ring is 2. The van der Waals surface area contributed by atoms with Crippen molar-refractivity contribution in [3.8, 4) is 0 Å². The number of nitrogens with one attached hydrogen (secondary N) is 2. The van der Waals surface area contributed by atoms with Crippen molar-refractivity contribution in [3.05, 3.63) is 6.07 Å². The monoisotopic (exact) mass is 270 g/mol. The number of hydrogen-bond acceptors (Lipinski definition) is 7. The summed E-state index contributed by atoms with van der Waals surface area (Å²) in [4.78, 5) is 8.51. The molecule has 0 radical (unpaired) electrons. The van der Waals surface area contributed by atoms with E-state index in [4.69, 9.17) is 11.7 Å². The van der Waals surface area contributed by atoms with Crippen LogP contribution in [0.15, 0.2) is 11.2 Å². The van der Waals surface area contributed by atoms with Gasteiger partial charge >= 0.3 is 0 Å². The number of hydrazine groups is 2. The van der Waals surface area contributed by atoms with Crippen LogP contribution in [-0.2, 0) is 0 Å². The maximum Gasteiger partial charge on any atom is 0.191 e. The predicted molar refractivity (Wildman–Crippen MR) is 77.1 cm³/mol. The fourth-order valence-electron chi connectivity index (χ4n) is 1.51. The van der Waals surface area contributed by atoms with Crippen molar-refractivity contribution in [1.29, 1.82) is 0 Å². The summed E-state index contributed by atoms with van der Waals surface area (Å²) in [6.07, 6.45) is 6.33. The first kappa shape index (κ1) is 15.0. The van der Waals surface area contributed by atoms with Crippen molar-refractivity contribution in [2.24, 2.45) is 11.7 Å². The molecule has 7 heteroatoms. The fourth-order valence-corrected chi connectivity index (χ4v) is 2.36. The zero-order valence-corrected chi connectivity index (χ0v) is 11.6. The molecule has 0 atom stereocenters. The van der Waals surface area contributed by atoms with E-state index in [1.807, 2.05) is 0 Å². The summed E-state index contributed by atoms with van der Waals surface area (Å²) in [5, 5.41) is 0.689. The lowest BCUT2D eigenvalue weighted by atomic mass is 10.2. The molecule has 0 unspecified atom stereocenters. The van der Waals surface area contributed by atoms with Crippen LogP contribution in [0, 0.1) is 0 Å². The SMILES string of the molecule is CCCCCCCSc1nc(NN)cc(NN)n1. The van der Waals surface area contributed by atoms with Gasteiger partial charge in [0.1, 0.15) is 11.6 Å². The minimum Gasteiger partial charge on any atom is -0.308 e. The van der Waals surface area contributed by atoms with Gasteiger partial charge in [-0.2, -0.15) is 0 Å². The van der Waals surface area contributed by atoms with Gasteiger partial charge in [0.2, 0.25) is 0 Å². The molecule has 0 bridgehead atoms. The van der Waals surface area contributed by atoms with E-state index in [-0.39, 0.29) is 0 Å². The number of rotatable bonds is 9. The van der Waals surface area contributed by atoms with E-state index in [1.165, 1.54) is 32.1 Å². The van der Waals surface area contributed by atoms with Crippen molar-refractivity contribution in [3.63, 3.8) is 0 Å². The Labute approximate surface area is 112 Å². The third-order valence-electron chi connectivity index (χ3n) is 2.48. The Balaban J connectivity index is 2.36. The van der Waals surface area contributed by atoms with Gasteiger partial charge in [0.05, 0.1) is 0 Å². The highest BCUT2D eigenvalue weighted by Crippen LogP contribution is 2.20. The summed E-state index contributed by atoms with van der Waals surface area (Å²) < 4.78 is 0. The van der Waals surface area contributed by atoms with Gasteiger partial charge in [0, 0.05) is 11.8 Å². The van der Waals surface area contributed by atoms with E-state index >= 15 is 0 Å². The van der Waals surface area contributed by atoms with E-state index in [1.54, 1.807) is 17.8 Å². The quantitative estimate of drug-likeness (QED) is 0.179. The molecule has 1 aromatic heterocycles. The molecular weight excluding hydrogens is 248 g/mol. The fraction of sp³-hybridized carbons (Fsp3) is 0.636. The highest BCUT2D eigenvalue weighted by Gasteiger charge is 2.03. The lowest BCUT2D eigenvalue weighted by Crippen LogP contribution is -2.13. The van der Waals surface area contributed by atoms with Crippen LogP contribution in [0.4, 0.5) is 11.6 Å². The second-order valence-electron chi connectivity index (χ2n) is 3.97. The summed E-state index contributed by atoms with van der Waals surface area (Å²) in [5.74, 6) is 12.8. The number of aromatic nitrogens is 2. The van der Waals surface area contributed by atoms with Gasteiger partial charge in [-0.05, 0) is 6.42 Å². The highest BCUT2D eigenvalue weighted by atomic mass is 32.2. The third-order valence-corrected chi connectivity index (χ3v) is 3.41. The minimum absolute atomic E-state index is 0.562. The van der Waals surface area contributed by atoms with E-state index in [2.05, 4.69) is 27.7 Å². The molecule has 0 fully saturated rings. The van der Waals surface area contributed by atoms with Crippen LogP contribution in [0.3, 0.4) is 0 Å². The molecule has 1 heterocycles. The average Bonchev–Trinajstić information content (AvgIpc) is 2.42. The summed E-state index contributed by atoms with van der Waals surface area (Å²) in [7, 11) is 0. The number of thioether (sulfide) groups is 1. The van der Waals surface area contributed by atoms with Gasteiger partial charge < -0.3 is 10.9 Å². The molecule has 0 aromatic carbocycles. The zero-order valence-electron chi connectivity index (χ0n) is 10.8. The summed E-state index contributed by atoms with van der Waals surface area (Å²) in [6.45, 7) is 2.22. The molecule has 0 aliphatic rings. The summed E-state index contributed by atoms with van der Waals surface area (Å²) in [6, 6.07) is 1.66. The van der Waals surface area contributed by atoms with Gasteiger partial charge in [-0.25, -0.2) is 21.7 Å². The Kier molecular flexibility index (Phi) is 7.47. The average molecular weight is 270 g/mol. The second-order valence-corrected chi connectivity index (χ2v) is 5.03. The summed E-state index contributed by atoms with van der Waals surface area (Å²) >= 11 is 1.62. The van der Waals surface area contributed by atoms with Crippen LogP contribution in [-0.4, -0.2) is 15.7 Å². The van der Waals surface area contributed by atoms with Gasteiger partial charge in [0.25, 0.3) is 0 Å². The zero-order chi connectivity index (χ0) is 13.2. The van der Waals surface area contributed by atoms with E-state index in [0.29, 0.717) is 16.8 Å². The predicted octanol–water partition coefficient (Wildman–Crippen LogP) is 2.11. The standard InChI is InChI=1S/C11H22N6S/c1-2-3-4-5-6-7-18-11-14-9(16-12)8-10(15-11)17-13/h8H,2-7,12-13H2,1H3,(H2,14,15,16,17). The van der Waals surface area contributed by atoms with Crippen LogP contribution in [0.5, 0.6) is 0 Å². The van der Waals surface area contributed by atoms with Crippen LogP contribution < -0.4 is 22.5 Å². The Morgan fingerprint density at radius 2 is 1.67 bits per heavy atom. The molecule has 0 amide bonds. The van der Waals surface area contributed by atoms with Gasteiger partial charge in [-0.3, -0.25) is 0 Å². The molecule has 6 nitrogen and oxygen atoms in total. The van der Waals surface area contributed by atoms with Crippen LogP contribution >= 0.6 is 11.8 Å². The Hall–Kier alpha value is -1.05. The van der Waals surface area contributed by atoms with E-state index in [9.17, 15) is 0 Å². The molecule has 0 saturated heterocycles. The maximum atomic E-state index is 5.33. The van der Waals surface area contributed by atoms with Gasteiger partial charge in [0.15, 0.2) is 5.16 Å². The first-order valence-corrected chi connectivity index (χ1v) is 7.23. The molecule has 102 valence electrons. The van der Waals surface area contributed by atoms with Gasteiger partial charge in [-0.1, -0.05) is 44.4 Å². The molecule has 1 rings (SSSR count). The van der Waals surface area contributed by atoms with Crippen LogP contribution in [0.25, 0.3) is 0 Å². The molecule has 1 aromatic rings. The molecule has 6 N–H and O–H groups in total. The molecular formula is C11H22N6S. The number of anilines is 2. The van der Waals surface area contributed by atoms with E-state index < -0.39 is 0 Å². The number of nitrogens with zero attached hydrogens (tertiary/aromatic N) is 2. The Bertz CT molecular complexity index is 324. The second kappa shape index (κ2) is 8.96. The van der Waals surface area contributed by atoms with Gasteiger partial charge in [-0.15, -0.1) is 0 Å².